The molecule has 0 aliphatic carbocycles. The molecule has 3 saturated heterocycles. The first kappa shape index (κ1) is 19.1. The number of ether oxygens (including phenoxy) is 1. The van der Waals surface area contributed by atoms with E-state index in [1.807, 2.05) is 4.68 Å². The van der Waals surface area contributed by atoms with Gasteiger partial charge in [0.05, 0.1) is 18.8 Å². The first-order valence-electron chi connectivity index (χ1n) is 11.2. The monoisotopic (exact) mass is 395 g/mol. The predicted molar refractivity (Wildman–Crippen MR) is 115 cm³/mol. The Bertz CT molecular complexity index is 841. The average Bonchev–Trinajstić information content (AvgIpc) is 3.16. The maximum atomic E-state index is 5.84. The molecule has 0 amide bonds. The van der Waals surface area contributed by atoms with Crippen LogP contribution in [-0.4, -0.2) is 65.8 Å². The zero-order valence-electron chi connectivity index (χ0n) is 17.8. The second kappa shape index (κ2) is 7.73. The molecule has 6 nitrogen and oxygen atoms in total. The van der Waals surface area contributed by atoms with Gasteiger partial charge in [-0.05, 0) is 76.9 Å². The molecular weight excluding hydrogens is 362 g/mol. The highest BCUT2D eigenvalue weighted by Crippen LogP contribution is 2.43. The summed E-state index contributed by atoms with van der Waals surface area (Å²) in [6, 6.07) is 6.80. The number of likely N-dealkylation sites (tertiary alicyclic amines) is 1. The minimum atomic E-state index is 0.278. The van der Waals surface area contributed by atoms with Crippen molar-refractivity contribution in [3.63, 3.8) is 0 Å². The summed E-state index contributed by atoms with van der Waals surface area (Å²) in [6.07, 6.45) is 8.57. The zero-order valence-corrected chi connectivity index (χ0v) is 17.8. The summed E-state index contributed by atoms with van der Waals surface area (Å²) in [5.41, 5.74) is 5.31. The van der Waals surface area contributed by atoms with Gasteiger partial charge in [-0.2, -0.15) is 0 Å². The van der Waals surface area contributed by atoms with Crippen molar-refractivity contribution >= 4 is 5.69 Å². The minimum absolute atomic E-state index is 0.278. The first-order valence-corrected chi connectivity index (χ1v) is 11.2. The van der Waals surface area contributed by atoms with E-state index in [0.717, 1.165) is 25.3 Å². The summed E-state index contributed by atoms with van der Waals surface area (Å²) in [7, 11) is 2.24. The van der Waals surface area contributed by atoms with Crippen LogP contribution in [-0.2, 0) is 11.3 Å². The predicted octanol–water partition coefficient (Wildman–Crippen LogP) is 3.35. The third kappa shape index (κ3) is 3.92. The van der Waals surface area contributed by atoms with Crippen LogP contribution in [0.15, 0.2) is 24.4 Å². The van der Waals surface area contributed by atoms with E-state index in [-0.39, 0.29) is 6.10 Å². The van der Waals surface area contributed by atoms with Gasteiger partial charge in [0, 0.05) is 36.4 Å². The van der Waals surface area contributed by atoms with Gasteiger partial charge in [0.1, 0.15) is 5.69 Å². The Morgan fingerprint density at radius 2 is 2.00 bits per heavy atom. The average molecular weight is 396 g/mol. The van der Waals surface area contributed by atoms with Crippen molar-refractivity contribution in [3.8, 4) is 11.3 Å². The fourth-order valence-corrected chi connectivity index (χ4v) is 5.16. The quantitative estimate of drug-likeness (QED) is 0.794. The fraction of sp³-hybridized carbons (Fsp3) is 0.652. The second-order valence-corrected chi connectivity index (χ2v) is 9.47. The summed E-state index contributed by atoms with van der Waals surface area (Å²) in [6.45, 7) is 8.76. The van der Waals surface area contributed by atoms with Crippen molar-refractivity contribution in [2.75, 3.05) is 44.7 Å². The van der Waals surface area contributed by atoms with Crippen LogP contribution in [0.3, 0.4) is 0 Å². The number of piperidine rings is 1. The normalized spacial score (nSPS) is 24.6. The number of nitrogens with zero attached hydrogens (tertiary/aromatic N) is 5. The molecule has 1 aromatic carbocycles. The Hall–Kier alpha value is -1.92. The Balaban J connectivity index is 1.24. The number of hydrogen-bond acceptors (Lipinski definition) is 5. The summed E-state index contributed by atoms with van der Waals surface area (Å²) in [4.78, 5) is 5.00. The lowest BCUT2D eigenvalue weighted by atomic mass is 9.72. The molecule has 1 atom stereocenters. The molecule has 6 heteroatoms. The van der Waals surface area contributed by atoms with Crippen LogP contribution in [0.5, 0.6) is 0 Å². The largest absolute Gasteiger partial charge is 0.376 e. The van der Waals surface area contributed by atoms with Gasteiger partial charge in [0.2, 0.25) is 0 Å². The molecule has 0 N–H and O–H groups in total. The van der Waals surface area contributed by atoms with Gasteiger partial charge in [-0.3, -0.25) is 0 Å². The molecule has 5 rings (SSSR count). The van der Waals surface area contributed by atoms with Crippen molar-refractivity contribution in [2.24, 2.45) is 5.41 Å². The van der Waals surface area contributed by atoms with E-state index >= 15 is 0 Å². The van der Waals surface area contributed by atoms with E-state index in [2.05, 4.69) is 58.5 Å². The Kier molecular flexibility index (Phi) is 5.08. The molecule has 0 bridgehead atoms. The van der Waals surface area contributed by atoms with E-state index < -0.39 is 0 Å². The maximum Gasteiger partial charge on any atom is 0.113 e. The van der Waals surface area contributed by atoms with Crippen LogP contribution in [0.4, 0.5) is 5.69 Å². The van der Waals surface area contributed by atoms with E-state index in [0.29, 0.717) is 5.41 Å². The van der Waals surface area contributed by atoms with Crippen LogP contribution in [0.1, 0.15) is 37.7 Å². The van der Waals surface area contributed by atoms with Crippen molar-refractivity contribution in [1.82, 2.24) is 19.9 Å². The van der Waals surface area contributed by atoms with Crippen molar-refractivity contribution in [2.45, 2.75) is 51.7 Å². The van der Waals surface area contributed by atoms with E-state index in [9.17, 15) is 0 Å². The van der Waals surface area contributed by atoms with Gasteiger partial charge >= 0.3 is 0 Å². The third-order valence-electron chi connectivity index (χ3n) is 7.15. The number of benzene rings is 1. The van der Waals surface area contributed by atoms with Crippen LogP contribution in [0, 0.1) is 12.3 Å². The van der Waals surface area contributed by atoms with Gasteiger partial charge in [-0.25, -0.2) is 4.68 Å². The van der Waals surface area contributed by atoms with Crippen molar-refractivity contribution in [1.29, 1.82) is 0 Å². The van der Waals surface area contributed by atoms with Crippen LogP contribution >= 0.6 is 0 Å². The molecule has 3 aliphatic rings. The lowest BCUT2D eigenvalue weighted by Gasteiger charge is -2.54. The number of rotatable bonds is 4. The molecule has 1 aromatic heterocycles. The van der Waals surface area contributed by atoms with Crippen LogP contribution in [0.2, 0.25) is 0 Å². The van der Waals surface area contributed by atoms with Crippen LogP contribution < -0.4 is 4.90 Å². The van der Waals surface area contributed by atoms with Crippen molar-refractivity contribution in [3.05, 3.63) is 30.0 Å². The standard InChI is InChI=1S/C23H33N5O/c1-18-13-19(27-16-23(17-27)8-10-26(2)11-9-23)6-7-21(18)22-15-28(25-24-22)14-20-5-3-4-12-29-20/h6-7,13,15,20H,3-5,8-12,14,16-17H2,1-2H3/t20-/m1/s1. The molecular formula is C23H33N5O. The van der Waals surface area contributed by atoms with E-state index in [1.165, 1.54) is 68.7 Å². The number of anilines is 1. The smallest absolute Gasteiger partial charge is 0.113 e. The van der Waals surface area contributed by atoms with Gasteiger partial charge in [-0.15, -0.1) is 5.10 Å². The van der Waals surface area contributed by atoms with Crippen LogP contribution in [0.25, 0.3) is 11.3 Å². The molecule has 29 heavy (non-hydrogen) atoms. The first-order chi connectivity index (χ1) is 14.1. The Labute approximate surface area is 173 Å². The highest BCUT2D eigenvalue weighted by Gasteiger charge is 2.44. The SMILES string of the molecule is Cc1cc(N2CC3(CCN(C)CC3)C2)ccc1-c1cn(C[C@H]2CCCCO2)nn1. The fourth-order valence-electron chi connectivity index (χ4n) is 5.16. The number of aryl methyl sites for hydroxylation is 1. The molecule has 4 heterocycles. The lowest BCUT2D eigenvalue weighted by molar-refractivity contribution is 0.00370. The van der Waals surface area contributed by atoms with Gasteiger partial charge < -0.3 is 14.5 Å². The molecule has 0 saturated carbocycles. The molecule has 2 aromatic rings. The number of hydrogen-bond donors (Lipinski definition) is 0. The molecule has 1 spiro atoms. The molecule has 156 valence electrons. The van der Waals surface area contributed by atoms with E-state index in [4.69, 9.17) is 4.74 Å². The molecule has 0 unspecified atom stereocenters. The Morgan fingerprint density at radius 3 is 2.72 bits per heavy atom. The highest BCUT2D eigenvalue weighted by atomic mass is 16.5. The zero-order chi connectivity index (χ0) is 19.8. The van der Waals surface area contributed by atoms with Crippen molar-refractivity contribution < 1.29 is 4.74 Å². The third-order valence-corrected chi connectivity index (χ3v) is 7.15. The summed E-state index contributed by atoms with van der Waals surface area (Å²) >= 11 is 0. The summed E-state index contributed by atoms with van der Waals surface area (Å²) < 4.78 is 7.78. The summed E-state index contributed by atoms with van der Waals surface area (Å²) in [5.74, 6) is 0. The van der Waals surface area contributed by atoms with E-state index in [1.54, 1.807) is 0 Å². The highest BCUT2D eigenvalue weighted by molar-refractivity contribution is 5.67. The van der Waals surface area contributed by atoms with Gasteiger partial charge in [0.15, 0.2) is 0 Å². The number of aromatic nitrogens is 3. The summed E-state index contributed by atoms with van der Waals surface area (Å²) in [5, 5.41) is 8.78. The molecule has 3 aliphatic heterocycles. The second-order valence-electron chi connectivity index (χ2n) is 9.47. The maximum absolute atomic E-state index is 5.84. The minimum Gasteiger partial charge on any atom is -0.376 e. The Morgan fingerprint density at radius 1 is 1.17 bits per heavy atom. The lowest BCUT2D eigenvalue weighted by Crippen LogP contribution is -2.60. The topological polar surface area (TPSA) is 46.4 Å². The van der Waals surface area contributed by atoms with Gasteiger partial charge in [-0.1, -0.05) is 11.3 Å². The molecule has 3 fully saturated rings. The van der Waals surface area contributed by atoms with Gasteiger partial charge in [0.25, 0.3) is 0 Å². The molecule has 0 radical (unpaired) electrons.